The lowest BCUT2D eigenvalue weighted by molar-refractivity contribution is -0.172. The molecular formula is C18H22O9S. The van der Waals surface area contributed by atoms with E-state index in [4.69, 9.17) is 18.9 Å². The number of ether oxygens (including phenoxy) is 4. The molecule has 2 rings (SSSR count). The Balaban J connectivity index is 2.46. The summed E-state index contributed by atoms with van der Waals surface area (Å²) in [5, 5.41) is 0. The zero-order valence-corrected chi connectivity index (χ0v) is 16.6. The molecule has 1 aromatic carbocycles. The van der Waals surface area contributed by atoms with Crippen LogP contribution in [0.1, 0.15) is 27.2 Å². The van der Waals surface area contributed by atoms with Gasteiger partial charge in [0.15, 0.2) is 5.60 Å². The largest absolute Gasteiger partial charge is 0.463 e. The van der Waals surface area contributed by atoms with Gasteiger partial charge in [0.1, 0.15) is 13.2 Å². The van der Waals surface area contributed by atoms with E-state index in [0.717, 1.165) is 13.8 Å². The summed E-state index contributed by atoms with van der Waals surface area (Å²) in [5.74, 6) is -2.01. The Morgan fingerprint density at radius 1 is 1.04 bits per heavy atom. The van der Waals surface area contributed by atoms with Crippen molar-refractivity contribution in [2.24, 2.45) is 0 Å². The average Bonchev–Trinajstić information content (AvgIpc) is 2.98. The molecule has 0 aliphatic carbocycles. The number of carbonyl (C=O) groups is 3. The van der Waals surface area contributed by atoms with Crippen molar-refractivity contribution in [3.8, 4) is 0 Å². The second-order valence-electron chi connectivity index (χ2n) is 6.39. The number of hydrogen-bond acceptors (Lipinski definition) is 9. The first-order chi connectivity index (χ1) is 13.1. The highest BCUT2D eigenvalue weighted by Gasteiger charge is 2.59. The van der Waals surface area contributed by atoms with E-state index in [1.807, 2.05) is 0 Å². The lowest BCUT2D eigenvalue weighted by atomic mass is 10.0. The van der Waals surface area contributed by atoms with E-state index in [1.165, 1.54) is 31.2 Å². The Morgan fingerprint density at radius 3 is 2.18 bits per heavy atom. The SMILES string of the molecule is CC(=O)OC[C@@H]1C[C@@](COC(C)=O)(OC(C)=O)[C@H](S(=O)(=O)c2ccccc2)O1. The van der Waals surface area contributed by atoms with Crippen LogP contribution in [0.4, 0.5) is 0 Å². The monoisotopic (exact) mass is 414 g/mol. The molecule has 154 valence electrons. The van der Waals surface area contributed by atoms with Crippen LogP contribution in [0.2, 0.25) is 0 Å². The first-order valence-electron chi connectivity index (χ1n) is 8.47. The van der Waals surface area contributed by atoms with Crippen molar-refractivity contribution in [3.05, 3.63) is 30.3 Å². The highest BCUT2D eigenvalue weighted by Crippen LogP contribution is 2.40. The Hall–Kier alpha value is -2.46. The van der Waals surface area contributed by atoms with Gasteiger partial charge >= 0.3 is 17.9 Å². The minimum absolute atomic E-state index is 0.0486. The van der Waals surface area contributed by atoms with E-state index in [1.54, 1.807) is 6.07 Å². The molecule has 1 aliphatic rings. The quantitative estimate of drug-likeness (QED) is 0.475. The van der Waals surface area contributed by atoms with Crippen molar-refractivity contribution >= 4 is 27.7 Å². The Kier molecular flexibility index (Phi) is 6.78. The minimum Gasteiger partial charge on any atom is -0.463 e. The highest BCUT2D eigenvalue weighted by atomic mass is 32.2. The van der Waals surface area contributed by atoms with Gasteiger partial charge in [0, 0.05) is 27.2 Å². The summed E-state index contributed by atoms with van der Waals surface area (Å²) in [6.07, 6.45) is -1.01. The van der Waals surface area contributed by atoms with Gasteiger partial charge in [0.05, 0.1) is 11.0 Å². The smallest absolute Gasteiger partial charge is 0.303 e. The van der Waals surface area contributed by atoms with Crippen LogP contribution in [0.15, 0.2) is 35.2 Å². The van der Waals surface area contributed by atoms with Crippen molar-refractivity contribution < 1.29 is 41.7 Å². The maximum absolute atomic E-state index is 13.2. The van der Waals surface area contributed by atoms with Crippen molar-refractivity contribution in [2.75, 3.05) is 13.2 Å². The summed E-state index contributed by atoms with van der Waals surface area (Å²) in [6.45, 7) is 2.70. The summed E-state index contributed by atoms with van der Waals surface area (Å²) in [6, 6.07) is 7.48. The molecule has 0 N–H and O–H groups in total. The van der Waals surface area contributed by atoms with Gasteiger partial charge in [-0.2, -0.15) is 0 Å². The van der Waals surface area contributed by atoms with Crippen molar-refractivity contribution in [3.63, 3.8) is 0 Å². The number of esters is 3. The first-order valence-corrected chi connectivity index (χ1v) is 10.0. The Labute approximate surface area is 162 Å². The molecule has 0 bridgehead atoms. The minimum atomic E-state index is -4.14. The fraction of sp³-hybridized carbons (Fsp3) is 0.500. The van der Waals surface area contributed by atoms with Crippen LogP contribution in [0.3, 0.4) is 0 Å². The van der Waals surface area contributed by atoms with Crippen LogP contribution in [0.5, 0.6) is 0 Å². The molecule has 3 atom stereocenters. The molecule has 0 spiro atoms. The zero-order chi connectivity index (χ0) is 20.9. The third-order valence-electron chi connectivity index (χ3n) is 4.01. The number of benzene rings is 1. The standard InChI is InChI=1S/C18H22O9S/c1-12(19)24-10-15-9-18(27-14(3)21,11-25-13(2)20)17(26-15)28(22,23)16-7-5-4-6-8-16/h4-8,15,17H,9-11H2,1-3H3/t15-,17-,18-/m0/s1. The lowest BCUT2D eigenvalue weighted by Gasteiger charge is -2.32. The van der Waals surface area contributed by atoms with Crippen LogP contribution in [0.25, 0.3) is 0 Å². The van der Waals surface area contributed by atoms with E-state index in [9.17, 15) is 22.8 Å². The zero-order valence-electron chi connectivity index (χ0n) is 15.7. The van der Waals surface area contributed by atoms with Gasteiger partial charge in [0.25, 0.3) is 0 Å². The van der Waals surface area contributed by atoms with Gasteiger partial charge in [-0.3, -0.25) is 14.4 Å². The number of hydrogen-bond donors (Lipinski definition) is 0. The molecule has 10 heteroatoms. The van der Waals surface area contributed by atoms with Gasteiger partial charge in [-0.25, -0.2) is 8.42 Å². The summed E-state index contributed by atoms with van der Waals surface area (Å²) < 4.78 is 47.3. The maximum Gasteiger partial charge on any atom is 0.303 e. The molecule has 9 nitrogen and oxygen atoms in total. The summed E-state index contributed by atoms with van der Waals surface area (Å²) in [5.41, 5.74) is -3.43. The molecule has 1 aromatic rings. The molecule has 0 unspecified atom stereocenters. The lowest BCUT2D eigenvalue weighted by Crippen LogP contribution is -2.50. The van der Waals surface area contributed by atoms with Crippen LogP contribution >= 0.6 is 0 Å². The molecule has 0 saturated carbocycles. The second kappa shape index (κ2) is 8.70. The molecule has 1 heterocycles. The van der Waals surface area contributed by atoms with E-state index >= 15 is 0 Å². The number of sulfone groups is 1. The van der Waals surface area contributed by atoms with Crippen LogP contribution in [0, 0.1) is 0 Å². The maximum atomic E-state index is 13.2. The fourth-order valence-electron chi connectivity index (χ4n) is 2.98. The number of rotatable bonds is 7. The van der Waals surface area contributed by atoms with Gasteiger partial charge < -0.3 is 18.9 Å². The van der Waals surface area contributed by atoms with E-state index in [0.29, 0.717) is 0 Å². The molecular weight excluding hydrogens is 392 g/mol. The van der Waals surface area contributed by atoms with Crippen LogP contribution in [-0.2, 0) is 43.2 Å². The van der Waals surface area contributed by atoms with Crippen molar-refractivity contribution in [1.29, 1.82) is 0 Å². The van der Waals surface area contributed by atoms with Gasteiger partial charge in [0.2, 0.25) is 15.3 Å². The third-order valence-corrected chi connectivity index (χ3v) is 6.05. The predicted molar refractivity (Wildman–Crippen MR) is 94.7 cm³/mol. The van der Waals surface area contributed by atoms with Crippen molar-refractivity contribution in [1.82, 2.24) is 0 Å². The Bertz CT molecular complexity index is 834. The van der Waals surface area contributed by atoms with E-state index in [-0.39, 0.29) is 17.9 Å². The third kappa shape index (κ3) is 5.08. The van der Waals surface area contributed by atoms with Gasteiger partial charge in [-0.1, -0.05) is 18.2 Å². The van der Waals surface area contributed by atoms with E-state index in [2.05, 4.69) is 0 Å². The topological polar surface area (TPSA) is 122 Å². The highest BCUT2D eigenvalue weighted by molar-refractivity contribution is 7.92. The van der Waals surface area contributed by atoms with Crippen LogP contribution in [-0.4, -0.2) is 56.7 Å². The normalized spacial score (nSPS) is 24.4. The van der Waals surface area contributed by atoms with Gasteiger partial charge in [-0.05, 0) is 12.1 Å². The van der Waals surface area contributed by atoms with Crippen molar-refractivity contribution in [2.45, 2.75) is 49.2 Å². The fourth-order valence-corrected chi connectivity index (χ4v) is 4.85. The van der Waals surface area contributed by atoms with E-state index < -0.39 is 51.5 Å². The first kappa shape index (κ1) is 21.8. The molecule has 0 radical (unpaired) electrons. The molecule has 0 amide bonds. The predicted octanol–water partition coefficient (Wildman–Crippen LogP) is 1.00. The molecule has 28 heavy (non-hydrogen) atoms. The average molecular weight is 414 g/mol. The molecule has 1 aliphatic heterocycles. The molecule has 1 fully saturated rings. The number of carbonyl (C=O) groups excluding carboxylic acids is 3. The molecule has 0 aromatic heterocycles. The summed E-state index contributed by atoms with van der Waals surface area (Å²) in [7, 11) is -4.14. The van der Waals surface area contributed by atoms with Gasteiger partial charge in [-0.15, -0.1) is 0 Å². The Morgan fingerprint density at radius 2 is 1.64 bits per heavy atom. The van der Waals surface area contributed by atoms with Crippen LogP contribution < -0.4 is 0 Å². The molecule has 1 saturated heterocycles. The second-order valence-corrected chi connectivity index (χ2v) is 8.38. The summed E-state index contributed by atoms with van der Waals surface area (Å²) in [4.78, 5) is 34.1. The summed E-state index contributed by atoms with van der Waals surface area (Å²) >= 11 is 0.